The summed E-state index contributed by atoms with van der Waals surface area (Å²) in [6.45, 7) is 2.10. The summed E-state index contributed by atoms with van der Waals surface area (Å²) in [5.41, 5.74) is -0.966. The van der Waals surface area contributed by atoms with Crippen LogP contribution in [0.2, 0.25) is 5.02 Å². The summed E-state index contributed by atoms with van der Waals surface area (Å²) in [4.78, 5) is 16.3. The molecule has 4 nitrogen and oxygen atoms in total. The van der Waals surface area contributed by atoms with E-state index >= 15 is 0 Å². The van der Waals surface area contributed by atoms with E-state index in [0.29, 0.717) is 10.2 Å². The molecule has 0 fully saturated rings. The molecular formula is C15H11ClF3IN2O2. The highest BCUT2D eigenvalue weighted by molar-refractivity contribution is 14.1. The van der Waals surface area contributed by atoms with Crippen LogP contribution in [0.5, 0.6) is 5.88 Å². The zero-order chi connectivity index (χ0) is 17.9. The van der Waals surface area contributed by atoms with E-state index in [4.69, 9.17) is 16.3 Å². The Bertz CT molecular complexity index is 769. The average Bonchev–Trinajstić information content (AvgIpc) is 2.50. The molecule has 1 heterocycles. The van der Waals surface area contributed by atoms with Gasteiger partial charge in [-0.2, -0.15) is 13.2 Å². The van der Waals surface area contributed by atoms with Crippen molar-refractivity contribution in [2.45, 2.75) is 13.1 Å². The number of rotatable bonds is 4. The lowest BCUT2D eigenvalue weighted by Crippen LogP contribution is -2.16. The number of aromatic nitrogens is 1. The van der Waals surface area contributed by atoms with Gasteiger partial charge in [-0.15, -0.1) is 0 Å². The standard InChI is InChI=1S/C15H11ClF3IN2O2/c1-2-24-12-6-4-9(16)13(22-12)14(23)21-11-7-8(15(17,18)19)3-5-10(11)20/h3-7H,2H2,1H3,(H,21,23). The van der Waals surface area contributed by atoms with Crippen LogP contribution in [0.1, 0.15) is 23.0 Å². The Morgan fingerprint density at radius 2 is 2.04 bits per heavy atom. The molecule has 2 rings (SSSR count). The van der Waals surface area contributed by atoms with Crippen molar-refractivity contribution in [1.82, 2.24) is 4.98 Å². The molecule has 0 saturated heterocycles. The maximum absolute atomic E-state index is 12.8. The summed E-state index contributed by atoms with van der Waals surface area (Å²) in [6, 6.07) is 6.01. The molecule has 0 saturated carbocycles. The fraction of sp³-hybridized carbons (Fsp3) is 0.200. The lowest BCUT2D eigenvalue weighted by Gasteiger charge is -2.12. The number of pyridine rings is 1. The Hall–Kier alpha value is -1.55. The van der Waals surface area contributed by atoms with Gasteiger partial charge in [0.2, 0.25) is 5.88 Å². The number of hydrogen-bond donors (Lipinski definition) is 1. The van der Waals surface area contributed by atoms with Crippen molar-refractivity contribution in [2.24, 2.45) is 0 Å². The molecule has 0 unspecified atom stereocenters. The lowest BCUT2D eigenvalue weighted by molar-refractivity contribution is -0.137. The smallest absolute Gasteiger partial charge is 0.416 e. The Kier molecular flexibility index (Phi) is 5.92. The number of nitrogens with one attached hydrogen (secondary N) is 1. The molecule has 2 aromatic rings. The maximum atomic E-state index is 12.8. The molecule has 0 spiro atoms. The van der Waals surface area contributed by atoms with E-state index in [-0.39, 0.29) is 22.3 Å². The van der Waals surface area contributed by atoms with Crippen LogP contribution in [-0.2, 0) is 6.18 Å². The van der Waals surface area contributed by atoms with Gasteiger partial charge in [-0.3, -0.25) is 4.79 Å². The number of amides is 1. The van der Waals surface area contributed by atoms with Gasteiger partial charge in [0.15, 0.2) is 5.69 Å². The summed E-state index contributed by atoms with van der Waals surface area (Å²) in [5, 5.41) is 2.47. The minimum absolute atomic E-state index is 0.0232. The Balaban J connectivity index is 2.31. The van der Waals surface area contributed by atoms with Crippen LogP contribution in [0.15, 0.2) is 30.3 Å². The van der Waals surface area contributed by atoms with Gasteiger partial charge in [0.1, 0.15) is 0 Å². The third-order valence-corrected chi connectivity index (χ3v) is 4.12. The molecule has 0 bridgehead atoms. The van der Waals surface area contributed by atoms with Crippen molar-refractivity contribution in [3.05, 3.63) is 50.2 Å². The highest BCUT2D eigenvalue weighted by Crippen LogP contribution is 2.33. The molecule has 0 radical (unpaired) electrons. The first-order valence-electron chi connectivity index (χ1n) is 6.69. The van der Waals surface area contributed by atoms with Gasteiger partial charge in [0, 0.05) is 9.64 Å². The van der Waals surface area contributed by atoms with Gasteiger partial charge >= 0.3 is 6.18 Å². The number of anilines is 1. The summed E-state index contributed by atoms with van der Waals surface area (Å²) < 4.78 is 44.0. The Labute approximate surface area is 154 Å². The molecule has 1 amide bonds. The fourth-order valence-corrected chi connectivity index (χ4v) is 2.45. The molecule has 1 aromatic carbocycles. The molecule has 0 aliphatic heterocycles. The van der Waals surface area contributed by atoms with Crippen LogP contribution in [0.3, 0.4) is 0 Å². The Morgan fingerprint density at radius 3 is 2.67 bits per heavy atom. The van der Waals surface area contributed by atoms with Crippen LogP contribution in [0.25, 0.3) is 0 Å². The quantitative estimate of drug-likeness (QED) is 0.639. The maximum Gasteiger partial charge on any atom is 0.416 e. The molecule has 1 aromatic heterocycles. The minimum atomic E-state index is -4.51. The predicted molar refractivity (Wildman–Crippen MR) is 92.5 cm³/mol. The molecule has 0 aliphatic carbocycles. The van der Waals surface area contributed by atoms with Crippen LogP contribution < -0.4 is 10.1 Å². The molecule has 1 N–H and O–H groups in total. The Morgan fingerprint density at radius 1 is 1.33 bits per heavy atom. The van der Waals surface area contributed by atoms with Crippen molar-refractivity contribution in [3.8, 4) is 5.88 Å². The van der Waals surface area contributed by atoms with E-state index in [1.54, 1.807) is 6.92 Å². The van der Waals surface area contributed by atoms with E-state index in [2.05, 4.69) is 10.3 Å². The number of alkyl halides is 3. The number of ether oxygens (including phenoxy) is 1. The van der Waals surface area contributed by atoms with Crippen molar-refractivity contribution < 1.29 is 22.7 Å². The van der Waals surface area contributed by atoms with E-state index in [1.165, 1.54) is 18.2 Å². The van der Waals surface area contributed by atoms with E-state index < -0.39 is 17.6 Å². The molecule has 128 valence electrons. The number of hydrogen-bond acceptors (Lipinski definition) is 3. The largest absolute Gasteiger partial charge is 0.478 e. The number of halogens is 5. The van der Waals surface area contributed by atoms with E-state index in [9.17, 15) is 18.0 Å². The zero-order valence-electron chi connectivity index (χ0n) is 12.2. The molecule has 0 aliphatic rings. The predicted octanol–water partition coefficient (Wildman–Crippen LogP) is 5.01. The van der Waals surface area contributed by atoms with Gasteiger partial charge < -0.3 is 10.1 Å². The van der Waals surface area contributed by atoms with Crippen molar-refractivity contribution >= 4 is 45.8 Å². The molecule has 24 heavy (non-hydrogen) atoms. The van der Waals surface area contributed by atoms with Crippen molar-refractivity contribution in [3.63, 3.8) is 0 Å². The summed E-state index contributed by atoms with van der Waals surface area (Å²) in [6.07, 6.45) is -4.51. The van der Waals surface area contributed by atoms with Crippen molar-refractivity contribution in [2.75, 3.05) is 11.9 Å². The van der Waals surface area contributed by atoms with Gasteiger partial charge in [-0.1, -0.05) is 11.6 Å². The second kappa shape index (κ2) is 7.56. The van der Waals surface area contributed by atoms with Gasteiger partial charge in [0.25, 0.3) is 5.91 Å². The van der Waals surface area contributed by atoms with Gasteiger partial charge in [-0.05, 0) is 53.8 Å². The second-order valence-electron chi connectivity index (χ2n) is 4.56. The summed E-state index contributed by atoms with van der Waals surface area (Å²) in [7, 11) is 0. The third kappa shape index (κ3) is 4.50. The topological polar surface area (TPSA) is 51.2 Å². The monoisotopic (exact) mass is 470 g/mol. The lowest BCUT2D eigenvalue weighted by atomic mass is 10.2. The van der Waals surface area contributed by atoms with Gasteiger partial charge in [0.05, 0.1) is 22.9 Å². The van der Waals surface area contributed by atoms with Gasteiger partial charge in [-0.25, -0.2) is 4.98 Å². The average molecular weight is 471 g/mol. The fourth-order valence-electron chi connectivity index (χ4n) is 1.79. The number of nitrogens with zero attached hydrogens (tertiary/aromatic N) is 1. The normalized spacial score (nSPS) is 11.2. The van der Waals surface area contributed by atoms with E-state index in [1.807, 2.05) is 22.6 Å². The van der Waals surface area contributed by atoms with Crippen LogP contribution in [0.4, 0.5) is 18.9 Å². The highest BCUT2D eigenvalue weighted by Gasteiger charge is 2.31. The number of carbonyl (C=O) groups excluding carboxylic acids is 1. The second-order valence-corrected chi connectivity index (χ2v) is 6.13. The van der Waals surface area contributed by atoms with Crippen molar-refractivity contribution in [1.29, 1.82) is 0 Å². The zero-order valence-corrected chi connectivity index (χ0v) is 15.2. The van der Waals surface area contributed by atoms with Crippen LogP contribution in [0, 0.1) is 3.57 Å². The molecule has 0 atom stereocenters. The first-order chi connectivity index (χ1) is 11.2. The first-order valence-corrected chi connectivity index (χ1v) is 8.15. The molecule has 9 heteroatoms. The first kappa shape index (κ1) is 18.8. The summed E-state index contributed by atoms with van der Waals surface area (Å²) >= 11 is 7.77. The number of carbonyl (C=O) groups is 1. The molecular weight excluding hydrogens is 460 g/mol. The minimum Gasteiger partial charge on any atom is -0.478 e. The SMILES string of the molecule is CCOc1ccc(Cl)c(C(=O)Nc2cc(C(F)(F)F)ccc2I)n1. The highest BCUT2D eigenvalue weighted by atomic mass is 127. The van der Waals surface area contributed by atoms with E-state index in [0.717, 1.165) is 12.1 Å². The summed E-state index contributed by atoms with van der Waals surface area (Å²) in [5.74, 6) is -0.524. The van der Waals surface area contributed by atoms with Crippen LogP contribution >= 0.6 is 34.2 Å². The number of benzene rings is 1. The van der Waals surface area contributed by atoms with Crippen LogP contribution in [-0.4, -0.2) is 17.5 Å². The third-order valence-electron chi connectivity index (χ3n) is 2.87.